The molecular formula is C13H28N2O2S. The molecule has 1 saturated carbocycles. The third-order valence-corrected chi connectivity index (χ3v) is 4.87. The lowest BCUT2D eigenvalue weighted by Crippen LogP contribution is -2.41. The lowest BCUT2D eigenvalue weighted by molar-refractivity contribution is 0.175. The summed E-state index contributed by atoms with van der Waals surface area (Å²) < 4.78 is 22.2. The molecule has 0 unspecified atom stereocenters. The molecule has 18 heavy (non-hydrogen) atoms. The Morgan fingerprint density at radius 3 is 2.33 bits per heavy atom. The lowest BCUT2D eigenvalue weighted by atomic mass is 9.90. The van der Waals surface area contributed by atoms with Crippen molar-refractivity contribution >= 4 is 9.84 Å². The fraction of sp³-hybridized carbons (Fsp3) is 1.00. The summed E-state index contributed by atoms with van der Waals surface area (Å²) in [5, 5.41) is 3.51. The molecule has 1 fully saturated rings. The first-order valence-electron chi connectivity index (χ1n) is 7.03. The Labute approximate surface area is 112 Å². The van der Waals surface area contributed by atoms with Gasteiger partial charge in [0.25, 0.3) is 0 Å². The zero-order valence-electron chi connectivity index (χ0n) is 12.0. The average Bonchev–Trinajstić information content (AvgIpc) is 2.28. The van der Waals surface area contributed by atoms with Crippen molar-refractivity contribution in [1.82, 2.24) is 10.2 Å². The fourth-order valence-electron chi connectivity index (χ4n) is 2.77. The standard InChI is InChI=1S/C13H28N2O2S/c1-4-14-12-6-8-13(9-7-12)15(2)10-5-11-18(3,16)17/h12-14H,4-11H2,1-3H3. The molecule has 0 amide bonds. The van der Waals surface area contributed by atoms with Gasteiger partial charge in [-0.2, -0.15) is 0 Å². The molecule has 108 valence electrons. The highest BCUT2D eigenvalue weighted by atomic mass is 32.2. The van der Waals surface area contributed by atoms with Crippen LogP contribution in [-0.4, -0.2) is 57.5 Å². The summed E-state index contributed by atoms with van der Waals surface area (Å²) in [4.78, 5) is 2.34. The zero-order chi connectivity index (χ0) is 13.6. The third-order valence-electron chi connectivity index (χ3n) is 3.84. The van der Waals surface area contributed by atoms with E-state index in [0.29, 0.717) is 17.8 Å². The van der Waals surface area contributed by atoms with Gasteiger partial charge in [-0.05, 0) is 52.2 Å². The van der Waals surface area contributed by atoms with E-state index in [4.69, 9.17) is 0 Å². The second-order valence-corrected chi connectivity index (χ2v) is 7.79. The van der Waals surface area contributed by atoms with Crippen molar-refractivity contribution in [2.75, 3.05) is 32.1 Å². The zero-order valence-corrected chi connectivity index (χ0v) is 12.8. The van der Waals surface area contributed by atoms with Crippen molar-refractivity contribution in [1.29, 1.82) is 0 Å². The fourth-order valence-corrected chi connectivity index (χ4v) is 3.42. The van der Waals surface area contributed by atoms with E-state index in [9.17, 15) is 8.42 Å². The van der Waals surface area contributed by atoms with Crippen molar-refractivity contribution < 1.29 is 8.42 Å². The van der Waals surface area contributed by atoms with Crippen molar-refractivity contribution in [3.05, 3.63) is 0 Å². The highest BCUT2D eigenvalue weighted by molar-refractivity contribution is 7.90. The Bertz CT molecular complexity index is 322. The van der Waals surface area contributed by atoms with E-state index in [1.807, 2.05) is 0 Å². The summed E-state index contributed by atoms with van der Waals surface area (Å²) in [5.74, 6) is 0.310. The molecule has 1 N–H and O–H groups in total. The van der Waals surface area contributed by atoms with E-state index >= 15 is 0 Å². The van der Waals surface area contributed by atoms with Crippen LogP contribution < -0.4 is 5.32 Å². The summed E-state index contributed by atoms with van der Waals surface area (Å²) in [7, 11) is -0.678. The van der Waals surface area contributed by atoms with Gasteiger partial charge in [-0.15, -0.1) is 0 Å². The predicted octanol–water partition coefficient (Wildman–Crippen LogP) is 1.27. The highest BCUT2D eigenvalue weighted by Crippen LogP contribution is 2.22. The van der Waals surface area contributed by atoms with Crippen LogP contribution in [0.3, 0.4) is 0 Å². The van der Waals surface area contributed by atoms with E-state index in [-0.39, 0.29) is 0 Å². The molecule has 0 aromatic rings. The van der Waals surface area contributed by atoms with Crippen LogP contribution in [0.4, 0.5) is 0 Å². The van der Waals surface area contributed by atoms with Crippen molar-refractivity contribution in [3.8, 4) is 0 Å². The Balaban J connectivity index is 2.21. The van der Waals surface area contributed by atoms with Crippen LogP contribution in [0.2, 0.25) is 0 Å². The largest absolute Gasteiger partial charge is 0.314 e. The second-order valence-electron chi connectivity index (χ2n) is 5.53. The molecule has 1 aliphatic rings. The minimum atomic E-state index is -2.80. The SMILES string of the molecule is CCNC1CCC(N(C)CCCS(C)(=O)=O)CC1. The number of hydrogen-bond acceptors (Lipinski definition) is 4. The topological polar surface area (TPSA) is 49.4 Å². The van der Waals surface area contributed by atoms with E-state index < -0.39 is 9.84 Å². The van der Waals surface area contributed by atoms with Gasteiger partial charge in [0.15, 0.2) is 0 Å². The molecular weight excluding hydrogens is 248 g/mol. The number of nitrogens with one attached hydrogen (secondary N) is 1. The van der Waals surface area contributed by atoms with E-state index in [1.165, 1.54) is 31.9 Å². The Morgan fingerprint density at radius 2 is 1.83 bits per heavy atom. The maximum Gasteiger partial charge on any atom is 0.147 e. The molecule has 4 nitrogen and oxygen atoms in total. The first-order valence-corrected chi connectivity index (χ1v) is 9.09. The van der Waals surface area contributed by atoms with Crippen LogP contribution in [0.5, 0.6) is 0 Å². The molecule has 0 atom stereocenters. The molecule has 0 aromatic heterocycles. The van der Waals surface area contributed by atoms with Gasteiger partial charge in [0.05, 0.1) is 5.75 Å². The summed E-state index contributed by atoms with van der Waals surface area (Å²) in [5.41, 5.74) is 0. The monoisotopic (exact) mass is 276 g/mol. The smallest absolute Gasteiger partial charge is 0.147 e. The number of sulfone groups is 1. The number of hydrogen-bond donors (Lipinski definition) is 1. The first kappa shape index (κ1) is 15.9. The van der Waals surface area contributed by atoms with E-state index in [1.54, 1.807) is 0 Å². The molecule has 1 aliphatic carbocycles. The Hall–Kier alpha value is -0.130. The first-order chi connectivity index (χ1) is 8.42. The van der Waals surface area contributed by atoms with Gasteiger partial charge in [0.2, 0.25) is 0 Å². The van der Waals surface area contributed by atoms with Crippen LogP contribution in [0.15, 0.2) is 0 Å². The Morgan fingerprint density at radius 1 is 1.22 bits per heavy atom. The Kier molecular flexibility index (Phi) is 6.60. The molecule has 0 aromatic carbocycles. The van der Waals surface area contributed by atoms with Crippen LogP contribution >= 0.6 is 0 Å². The number of rotatable bonds is 7. The third kappa shape index (κ3) is 6.16. The molecule has 5 heteroatoms. The van der Waals surface area contributed by atoms with Gasteiger partial charge in [0.1, 0.15) is 9.84 Å². The van der Waals surface area contributed by atoms with Crippen LogP contribution in [0.1, 0.15) is 39.0 Å². The minimum absolute atomic E-state index is 0.310. The van der Waals surface area contributed by atoms with E-state index in [0.717, 1.165) is 19.5 Å². The lowest BCUT2D eigenvalue weighted by Gasteiger charge is -2.35. The molecule has 0 bridgehead atoms. The van der Waals surface area contributed by atoms with Gasteiger partial charge in [-0.25, -0.2) is 8.42 Å². The summed E-state index contributed by atoms with van der Waals surface area (Å²) in [6.07, 6.45) is 7.01. The molecule has 0 aliphatic heterocycles. The molecule has 1 rings (SSSR count). The van der Waals surface area contributed by atoms with Gasteiger partial charge in [0, 0.05) is 18.3 Å². The van der Waals surface area contributed by atoms with Crippen LogP contribution in [-0.2, 0) is 9.84 Å². The van der Waals surface area contributed by atoms with Crippen molar-refractivity contribution in [2.45, 2.75) is 51.1 Å². The summed E-state index contributed by atoms with van der Waals surface area (Å²) in [6.45, 7) is 4.10. The highest BCUT2D eigenvalue weighted by Gasteiger charge is 2.23. The summed E-state index contributed by atoms with van der Waals surface area (Å²) >= 11 is 0. The molecule has 0 saturated heterocycles. The molecule has 0 spiro atoms. The minimum Gasteiger partial charge on any atom is -0.314 e. The van der Waals surface area contributed by atoms with E-state index in [2.05, 4.69) is 24.2 Å². The summed E-state index contributed by atoms with van der Waals surface area (Å²) in [6, 6.07) is 1.33. The van der Waals surface area contributed by atoms with Gasteiger partial charge in [-0.3, -0.25) is 0 Å². The normalized spacial score (nSPS) is 25.6. The number of nitrogens with zero attached hydrogens (tertiary/aromatic N) is 1. The van der Waals surface area contributed by atoms with Crippen molar-refractivity contribution in [2.24, 2.45) is 0 Å². The van der Waals surface area contributed by atoms with Gasteiger partial charge < -0.3 is 10.2 Å². The van der Waals surface area contributed by atoms with Crippen molar-refractivity contribution in [3.63, 3.8) is 0 Å². The quantitative estimate of drug-likeness (QED) is 0.761. The van der Waals surface area contributed by atoms with Gasteiger partial charge in [-0.1, -0.05) is 6.92 Å². The predicted molar refractivity (Wildman–Crippen MR) is 76.7 cm³/mol. The molecule has 0 heterocycles. The second kappa shape index (κ2) is 7.46. The van der Waals surface area contributed by atoms with Crippen LogP contribution in [0.25, 0.3) is 0 Å². The molecule has 0 radical (unpaired) electrons. The maximum atomic E-state index is 11.1. The average molecular weight is 276 g/mol. The van der Waals surface area contributed by atoms with Gasteiger partial charge >= 0.3 is 0 Å². The maximum absolute atomic E-state index is 11.1. The van der Waals surface area contributed by atoms with Crippen LogP contribution in [0, 0.1) is 0 Å².